The number of halogens is 2. The van der Waals surface area contributed by atoms with Crippen LogP contribution in [0.2, 0.25) is 5.02 Å². The molecule has 5 rings (SSSR count). The van der Waals surface area contributed by atoms with Gasteiger partial charge in [-0.05, 0) is 73.8 Å². The van der Waals surface area contributed by atoms with Crippen molar-refractivity contribution in [1.82, 2.24) is 25.1 Å². The highest BCUT2D eigenvalue weighted by molar-refractivity contribution is 6.30. The van der Waals surface area contributed by atoms with Gasteiger partial charge in [-0.15, -0.1) is 0 Å². The number of rotatable bonds is 12. The standard InChI is InChI=1S/C33H40ClFN6O4/c1-2-31(42)37-20-23-5-8-40(9-6-23)22-24-15-29(25-17-26(34)19-27(35)18-25)38-32(16-24)45-28-3-4-30(36-21-28)41-13-11-39(12-14-41)10-7-33(43)44/h3-4,15-19,21,23H,2,5-14,20,22H2,1H3,(H,37,42)(H,43,44). The van der Waals surface area contributed by atoms with Gasteiger partial charge in [-0.25, -0.2) is 14.4 Å². The second-order valence-corrected chi connectivity index (χ2v) is 12.1. The molecule has 0 aliphatic carbocycles. The van der Waals surface area contributed by atoms with Gasteiger partial charge in [0.05, 0.1) is 18.3 Å². The van der Waals surface area contributed by atoms with E-state index in [0.29, 0.717) is 59.9 Å². The first kappa shape index (κ1) is 32.6. The van der Waals surface area contributed by atoms with Crippen LogP contribution in [0.15, 0.2) is 48.7 Å². The molecule has 0 spiro atoms. The number of aromatic nitrogens is 2. The van der Waals surface area contributed by atoms with Gasteiger partial charge in [0, 0.05) is 68.9 Å². The van der Waals surface area contributed by atoms with Gasteiger partial charge in [0.25, 0.3) is 0 Å². The zero-order valence-corrected chi connectivity index (χ0v) is 26.3. The second-order valence-electron chi connectivity index (χ2n) is 11.7. The Morgan fingerprint density at radius 1 is 1.04 bits per heavy atom. The summed E-state index contributed by atoms with van der Waals surface area (Å²) in [5.74, 6) is 1.07. The molecular weight excluding hydrogens is 599 g/mol. The van der Waals surface area contributed by atoms with Gasteiger partial charge < -0.3 is 20.1 Å². The zero-order valence-electron chi connectivity index (χ0n) is 25.6. The summed E-state index contributed by atoms with van der Waals surface area (Å²) in [6.07, 6.45) is 4.31. The summed E-state index contributed by atoms with van der Waals surface area (Å²) >= 11 is 6.18. The number of hydrogen-bond acceptors (Lipinski definition) is 8. The van der Waals surface area contributed by atoms with Crippen molar-refractivity contribution < 1.29 is 23.8 Å². The number of carboxylic acid groups (broad SMARTS) is 1. The quantitative estimate of drug-likeness (QED) is 0.281. The van der Waals surface area contributed by atoms with Crippen LogP contribution in [0.5, 0.6) is 11.6 Å². The molecule has 2 saturated heterocycles. The predicted molar refractivity (Wildman–Crippen MR) is 171 cm³/mol. The second kappa shape index (κ2) is 15.5. The molecule has 2 aliphatic heterocycles. The summed E-state index contributed by atoms with van der Waals surface area (Å²) in [5, 5.41) is 12.2. The van der Waals surface area contributed by atoms with Crippen molar-refractivity contribution in [2.45, 2.75) is 39.2 Å². The van der Waals surface area contributed by atoms with Crippen molar-refractivity contribution in [3.63, 3.8) is 0 Å². The average molecular weight is 639 g/mol. The first-order chi connectivity index (χ1) is 21.7. The smallest absolute Gasteiger partial charge is 0.304 e. The number of nitrogens with one attached hydrogen (secondary N) is 1. The summed E-state index contributed by atoms with van der Waals surface area (Å²) < 4.78 is 20.5. The van der Waals surface area contributed by atoms with Crippen LogP contribution in [-0.2, 0) is 16.1 Å². The molecule has 2 N–H and O–H groups in total. The molecule has 0 bridgehead atoms. The van der Waals surface area contributed by atoms with E-state index >= 15 is 0 Å². The molecule has 0 radical (unpaired) electrons. The maximum atomic E-state index is 14.3. The van der Waals surface area contributed by atoms with Gasteiger partial charge in [0.2, 0.25) is 11.8 Å². The number of piperazine rings is 1. The molecule has 240 valence electrons. The Morgan fingerprint density at radius 3 is 2.49 bits per heavy atom. The van der Waals surface area contributed by atoms with Crippen molar-refractivity contribution >= 4 is 29.3 Å². The van der Waals surface area contributed by atoms with Crippen LogP contribution >= 0.6 is 11.6 Å². The van der Waals surface area contributed by atoms with Crippen molar-refractivity contribution in [2.75, 3.05) is 57.3 Å². The SMILES string of the molecule is CCC(=O)NCC1CCN(Cc2cc(Oc3ccc(N4CCN(CCC(=O)O)CC4)nc3)nc(-c3cc(F)cc(Cl)c3)c2)CC1. The van der Waals surface area contributed by atoms with E-state index < -0.39 is 11.8 Å². The Hall–Kier alpha value is -3.80. The monoisotopic (exact) mass is 638 g/mol. The lowest BCUT2D eigenvalue weighted by atomic mass is 9.96. The van der Waals surface area contributed by atoms with E-state index in [-0.39, 0.29) is 12.3 Å². The first-order valence-electron chi connectivity index (χ1n) is 15.5. The molecule has 1 aromatic carbocycles. The van der Waals surface area contributed by atoms with Crippen LogP contribution in [0.1, 0.15) is 38.2 Å². The summed E-state index contributed by atoms with van der Waals surface area (Å²) in [6.45, 7) is 8.72. The summed E-state index contributed by atoms with van der Waals surface area (Å²) in [7, 11) is 0. The van der Waals surface area contributed by atoms with Crippen LogP contribution in [0, 0.1) is 11.7 Å². The fraction of sp³-hybridized carbons (Fsp3) is 0.455. The van der Waals surface area contributed by atoms with Gasteiger partial charge in [0.1, 0.15) is 17.4 Å². The summed E-state index contributed by atoms with van der Waals surface area (Å²) in [4.78, 5) is 38.5. The van der Waals surface area contributed by atoms with Crippen molar-refractivity contribution in [3.8, 4) is 22.9 Å². The number of hydrogen-bond donors (Lipinski definition) is 2. The minimum atomic E-state index is -0.781. The molecule has 2 aliphatic rings. The fourth-order valence-electron chi connectivity index (χ4n) is 5.74. The highest BCUT2D eigenvalue weighted by Crippen LogP contribution is 2.30. The Morgan fingerprint density at radius 2 is 1.82 bits per heavy atom. The van der Waals surface area contributed by atoms with Crippen LogP contribution in [0.3, 0.4) is 0 Å². The number of carbonyl (C=O) groups excluding carboxylic acids is 1. The third kappa shape index (κ3) is 9.59. The molecule has 2 fully saturated rings. The molecule has 0 saturated carbocycles. The van der Waals surface area contributed by atoms with E-state index in [0.717, 1.165) is 63.5 Å². The molecule has 0 unspecified atom stereocenters. The number of nitrogens with zero attached hydrogens (tertiary/aromatic N) is 5. The highest BCUT2D eigenvalue weighted by atomic mass is 35.5. The van der Waals surface area contributed by atoms with Crippen LogP contribution in [-0.4, -0.2) is 89.1 Å². The Balaban J connectivity index is 1.26. The van der Waals surface area contributed by atoms with Crippen LogP contribution in [0.25, 0.3) is 11.3 Å². The molecule has 2 aromatic heterocycles. The van der Waals surface area contributed by atoms with Crippen molar-refractivity contribution in [3.05, 3.63) is 65.1 Å². The number of aliphatic carboxylic acids is 1. The van der Waals surface area contributed by atoms with E-state index in [9.17, 15) is 14.0 Å². The number of carboxylic acids is 1. The minimum absolute atomic E-state index is 0.0874. The normalized spacial score (nSPS) is 16.5. The Kier molecular flexibility index (Phi) is 11.2. The number of carbonyl (C=O) groups is 2. The van der Waals surface area contributed by atoms with E-state index in [1.807, 2.05) is 31.2 Å². The zero-order chi connectivity index (χ0) is 31.8. The van der Waals surface area contributed by atoms with Crippen LogP contribution < -0.4 is 15.0 Å². The number of pyridine rings is 2. The van der Waals surface area contributed by atoms with E-state index in [4.69, 9.17) is 26.4 Å². The molecule has 0 atom stereocenters. The molecule has 45 heavy (non-hydrogen) atoms. The molecule has 10 nitrogen and oxygen atoms in total. The van der Waals surface area contributed by atoms with Gasteiger partial charge >= 0.3 is 5.97 Å². The lowest BCUT2D eigenvalue weighted by Gasteiger charge is -2.35. The Labute approximate surface area is 268 Å². The van der Waals surface area contributed by atoms with Crippen molar-refractivity contribution in [2.24, 2.45) is 5.92 Å². The van der Waals surface area contributed by atoms with E-state index in [1.165, 1.54) is 12.1 Å². The van der Waals surface area contributed by atoms with Gasteiger partial charge in [-0.3, -0.25) is 19.4 Å². The number of amides is 1. The number of likely N-dealkylation sites (tertiary alicyclic amines) is 1. The maximum Gasteiger partial charge on any atom is 0.304 e. The van der Waals surface area contributed by atoms with Gasteiger partial charge in [0.15, 0.2) is 0 Å². The lowest BCUT2D eigenvalue weighted by Crippen LogP contribution is -2.47. The van der Waals surface area contributed by atoms with Gasteiger partial charge in [-0.2, -0.15) is 0 Å². The third-order valence-corrected chi connectivity index (χ3v) is 8.54. The third-order valence-electron chi connectivity index (χ3n) is 8.32. The summed E-state index contributed by atoms with van der Waals surface area (Å²) in [6, 6.07) is 12.0. The minimum Gasteiger partial charge on any atom is -0.481 e. The van der Waals surface area contributed by atoms with E-state index in [2.05, 4.69) is 25.0 Å². The molecule has 3 aromatic rings. The lowest BCUT2D eigenvalue weighted by molar-refractivity contribution is -0.137. The van der Waals surface area contributed by atoms with Crippen molar-refractivity contribution in [1.29, 1.82) is 0 Å². The van der Waals surface area contributed by atoms with Gasteiger partial charge in [-0.1, -0.05) is 18.5 Å². The van der Waals surface area contributed by atoms with Crippen LogP contribution in [0.4, 0.5) is 10.2 Å². The number of ether oxygens (including phenoxy) is 1. The number of piperidine rings is 1. The molecule has 12 heteroatoms. The topological polar surface area (TPSA) is 111 Å². The maximum absolute atomic E-state index is 14.3. The Bertz CT molecular complexity index is 1440. The molecule has 4 heterocycles. The molecule has 1 amide bonds. The fourth-order valence-corrected chi connectivity index (χ4v) is 5.96. The summed E-state index contributed by atoms with van der Waals surface area (Å²) in [5.41, 5.74) is 2.11. The highest BCUT2D eigenvalue weighted by Gasteiger charge is 2.21. The first-order valence-corrected chi connectivity index (χ1v) is 15.9. The number of benzene rings is 1. The molecular formula is C33H40ClFN6O4. The largest absolute Gasteiger partial charge is 0.481 e. The van der Waals surface area contributed by atoms with E-state index in [1.54, 1.807) is 12.3 Å². The average Bonchev–Trinajstić information content (AvgIpc) is 3.03. The predicted octanol–water partition coefficient (Wildman–Crippen LogP) is 5.06. The number of anilines is 1.